The van der Waals surface area contributed by atoms with Gasteiger partial charge in [0.05, 0.1) is 13.0 Å². The van der Waals surface area contributed by atoms with Crippen LogP contribution in [0.4, 0.5) is 5.69 Å². The Balaban J connectivity index is 2.65. The van der Waals surface area contributed by atoms with E-state index in [1.54, 1.807) is 7.11 Å². The number of carbonyl (C=O) groups excluding carboxylic acids is 1. The van der Waals surface area contributed by atoms with Crippen LogP contribution in [0.15, 0.2) is 24.3 Å². The number of rotatable bonds is 6. The van der Waals surface area contributed by atoms with Gasteiger partial charge >= 0.3 is 0 Å². The number of methoxy groups -OCH3 is 1. The van der Waals surface area contributed by atoms with Crippen LogP contribution >= 0.6 is 0 Å². The monoisotopic (exact) mass is 236 g/mol. The van der Waals surface area contributed by atoms with Gasteiger partial charge in [0.1, 0.15) is 5.75 Å². The van der Waals surface area contributed by atoms with E-state index in [0.717, 1.165) is 17.9 Å². The van der Waals surface area contributed by atoms with E-state index >= 15 is 0 Å². The molecule has 1 rings (SSSR count). The second kappa shape index (κ2) is 6.91. The van der Waals surface area contributed by atoms with Crippen molar-refractivity contribution in [3.05, 3.63) is 24.3 Å². The first-order chi connectivity index (χ1) is 8.21. The fourth-order valence-electron chi connectivity index (χ4n) is 1.61. The van der Waals surface area contributed by atoms with E-state index in [-0.39, 0.29) is 11.8 Å². The molecule has 1 aromatic rings. The summed E-state index contributed by atoms with van der Waals surface area (Å²) >= 11 is 0. The molecule has 4 nitrogen and oxygen atoms in total. The smallest absolute Gasteiger partial charge is 0.228 e. The first-order valence-corrected chi connectivity index (χ1v) is 5.80. The molecule has 1 amide bonds. The molecule has 0 radical (unpaired) electrons. The van der Waals surface area contributed by atoms with Crippen molar-refractivity contribution in [3.8, 4) is 5.75 Å². The Morgan fingerprint density at radius 2 is 2.24 bits per heavy atom. The van der Waals surface area contributed by atoms with Gasteiger partial charge < -0.3 is 15.4 Å². The van der Waals surface area contributed by atoms with E-state index in [4.69, 9.17) is 4.74 Å². The van der Waals surface area contributed by atoms with Crippen LogP contribution in [0.5, 0.6) is 5.75 Å². The molecule has 0 heterocycles. The maximum absolute atomic E-state index is 11.9. The Morgan fingerprint density at radius 3 is 2.82 bits per heavy atom. The lowest BCUT2D eigenvalue weighted by Crippen LogP contribution is -2.30. The van der Waals surface area contributed by atoms with E-state index in [0.29, 0.717) is 6.54 Å². The van der Waals surface area contributed by atoms with Gasteiger partial charge in [-0.25, -0.2) is 0 Å². The molecule has 0 saturated carbocycles. The molecule has 1 unspecified atom stereocenters. The summed E-state index contributed by atoms with van der Waals surface area (Å²) in [7, 11) is 3.46. The molecule has 0 aromatic heterocycles. The third-order valence-corrected chi connectivity index (χ3v) is 2.65. The number of anilines is 1. The minimum Gasteiger partial charge on any atom is -0.497 e. The Labute approximate surface area is 102 Å². The molecule has 1 atom stereocenters. The topological polar surface area (TPSA) is 50.4 Å². The van der Waals surface area contributed by atoms with Crippen molar-refractivity contribution in [2.45, 2.75) is 13.3 Å². The summed E-state index contributed by atoms with van der Waals surface area (Å²) in [5.74, 6) is 0.769. The van der Waals surface area contributed by atoms with Crippen LogP contribution in [-0.2, 0) is 4.79 Å². The normalized spacial score (nSPS) is 11.9. The molecule has 0 saturated heterocycles. The zero-order valence-corrected chi connectivity index (χ0v) is 10.6. The van der Waals surface area contributed by atoms with E-state index in [1.807, 2.05) is 38.2 Å². The van der Waals surface area contributed by atoms with Gasteiger partial charge in [-0.05, 0) is 25.6 Å². The van der Waals surface area contributed by atoms with Crippen LogP contribution in [0.1, 0.15) is 13.3 Å². The summed E-state index contributed by atoms with van der Waals surface area (Å²) in [4.78, 5) is 11.9. The second-order valence-electron chi connectivity index (χ2n) is 3.88. The first-order valence-electron chi connectivity index (χ1n) is 5.80. The highest BCUT2D eigenvalue weighted by molar-refractivity contribution is 5.92. The van der Waals surface area contributed by atoms with Crippen LogP contribution in [0.25, 0.3) is 0 Å². The summed E-state index contributed by atoms with van der Waals surface area (Å²) < 4.78 is 5.11. The Morgan fingerprint density at radius 1 is 1.47 bits per heavy atom. The summed E-state index contributed by atoms with van der Waals surface area (Å²) in [6, 6.07) is 7.37. The number of ether oxygens (including phenoxy) is 1. The highest BCUT2D eigenvalue weighted by Gasteiger charge is 2.15. The molecule has 0 aliphatic carbocycles. The van der Waals surface area contributed by atoms with Crippen molar-refractivity contribution >= 4 is 11.6 Å². The van der Waals surface area contributed by atoms with Crippen molar-refractivity contribution in [2.24, 2.45) is 5.92 Å². The fraction of sp³-hybridized carbons (Fsp3) is 0.462. The third kappa shape index (κ3) is 4.07. The van der Waals surface area contributed by atoms with Gasteiger partial charge in [0.25, 0.3) is 0 Å². The average Bonchev–Trinajstić information content (AvgIpc) is 2.36. The van der Waals surface area contributed by atoms with Gasteiger partial charge in [0.15, 0.2) is 0 Å². The SMILES string of the molecule is CCC(CNC)C(=O)Nc1cccc(OC)c1. The molecule has 0 bridgehead atoms. The lowest BCUT2D eigenvalue weighted by molar-refractivity contribution is -0.119. The van der Waals surface area contributed by atoms with Crippen molar-refractivity contribution < 1.29 is 9.53 Å². The van der Waals surface area contributed by atoms with Gasteiger partial charge in [0.2, 0.25) is 5.91 Å². The lowest BCUT2D eigenvalue weighted by atomic mass is 10.1. The van der Waals surface area contributed by atoms with Gasteiger partial charge in [-0.15, -0.1) is 0 Å². The quantitative estimate of drug-likeness (QED) is 0.793. The predicted octanol–water partition coefficient (Wildman–Crippen LogP) is 1.88. The number of benzene rings is 1. The highest BCUT2D eigenvalue weighted by atomic mass is 16.5. The second-order valence-corrected chi connectivity index (χ2v) is 3.88. The Kier molecular flexibility index (Phi) is 5.49. The molecule has 94 valence electrons. The Bertz CT molecular complexity index is 366. The molecular weight excluding hydrogens is 216 g/mol. The molecule has 2 N–H and O–H groups in total. The molecule has 4 heteroatoms. The van der Waals surface area contributed by atoms with Crippen LogP contribution in [0, 0.1) is 5.92 Å². The summed E-state index contributed by atoms with van der Waals surface area (Å²) in [6.45, 7) is 2.69. The number of carbonyl (C=O) groups is 1. The van der Waals surface area contributed by atoms with E-state index in [9.17, 15) is 4.79 Å². The van der Waals surface area contributed by atoms with E-state index < -0.39 is 0 Å². The van der Waals surface area contributed by atoms with Crippen LogP contribution in [0.3, 0.4) is 0 Å². The van der Waals surface area contributed by atoms with E-state index in [1.165, 1.54) is 0 Å². The summed E-state index contributed by atoms with van der Waals surface area (Å²) in [5.41, 5.74) is 0.768. The fourth-order valence-corrected chi connectivity index (χ4v) is 1.61. The van der Waals surface area contributed by atoms with Crippen LogP contribution in [0.2, 0.25) is 0 Å². The molecule has 0 aliphatic rings. The van der Waals surface area contributed by atoms with Crippen LogP contribution < -0.4 is 15.4 Å². The zero-order chi connectivity index (χ0) is 12.7. The Hall–Kier alpha value is -1.55. The van der Waals surface area contributed by atoms with Gasteiger partial charge in [-0.1, -0.05) is 13.0 Å². The van der Waals surface area contributed by atoms with Crippen molar-refractivity contribution in [1.29, 1.82) is 0 Å². The number of hydrogen-bond acceptors (Lipinski definition) is 3. The van der Waals surface area contributed by atoms with E-state index in [2.05, 4.69) is 10.6 Å². The minimum absolute atomic E-state index is 0.00815. The maximum Gasteiger partial charge on any atom is 0.228 e. The van der Waals surface area contributed by atoms with Gasteiger partial charge in [-0.3, -0.25) is 4.79 Å². The number of hydrogen-bond donors (Lipinski definition) is 2. The maximum atomic E-state index is 11.9. The van der Waals surface area contributed by atoms with Crippen molar-refractivity contribution in [1.82, 2.24) is 5.32 Å². The largest absolute Gasteiger partial charge is 0.497 e. The summed E-state index contributed by atoms with van der Waals surface area (Å²) in [5, 5.41) is 5.92. The molecule has 17 heavy (non-hydrogen) atoms. The first kappa shape index (κ1) is 13.5. The molecular formula is C13H20N2O2. The standard InChI is InChI=1S/C13H20N2O2/c1-4-10(9-14-2)13(16)15-11-6-5-7-12(8-11)17-3/h5-8,10,14H,4,9H2,1-3H3,(H,15,16). The average molecular weight is 236 g/mol. The molecule has 1 aromatic carbocycles. The van der Waals surface area contributed by atoms with Crippen molar-refractivity contribution in [3.63, 3.8) is 0 Å². The minimum atomic E-state index is -0.00815. The van der Waals surface area contributed by atoms with Gasteiger partial charge in [-0.2, -0.15) is 0 Å². The zero-order valence-electron chi connectivity index (χ0n) is 10.6. The number of nitrogens with one attached hydrogen (secondary N) is 2. The predicted molar refractivity (Wildman–Crippen MR) is 69.3 cm³/mol. The van der Waals surface area contributed by atoms with Crippen LogP contribution in [-0.4, -0.2) is 26.6 Å². The lowest BCUT2D eigenvalue weighted by Gasteiger charge is -2.14. The van der Waals surface area contributed by atoms with Gasteiger partial charge in [0, 0.05) is 18.3 Å². The molecule has 0 spiro atoms. The highest BCUT2D eigenvalue weighted by Crippen LogP contribution is 2.17. The van der Waals surface area contributed by atoms with Crippen molar-refractivity contribution in [2.75, 3.05) is 26.0 Å². The molecule has 0 fully saturated rings. The summed E-state index contributed by atoms with van der Waals surface area (Å²) in [6.07, 6.45) is 0.816. The number of amides is 1. The molecule has 0 aliphatic heterocycles. The third-order valence-electron chi connectivity index (χ3n) is 2.65.